The minimum Gasteiger partial charge on any atom is -0.352 e. The second-order valence-corrected chi connectivity index (χ2v) is 4.31. The van der Waals surface area contributed by atoms with Gasteiger partial charge in [-0.25, -0.2) is 4.98 Å². The van der Waals surface area contributed by atoms with E-state index >= 15 is 0 Å². The smallest absolute Gasteiger partial charge is 0.243 e. The van der Waals surface area contributed by atoms with Crippen molar-refractivity contribution >= 4 is 5.95 Å². The van der Waals surface area contributed by atoms with Gasteiger partial charge in [-0.3, -0.25) is 0 Å². The van der Waals surface area contributed by atoms with Crippen LogP contribution in [0, 0.1) is 13.8 Å². The van der Waals surface area contributed by atoms with Crippen LogP contribution in [0.2, 0.25) is 0 Å². The number of rotatable bonds is 5. The number of nitrogens with one attached hydrogen (secondary N) is 1. The van der Waals surface area contributed by atoms with Crippen LogP contribution in [0.4, 0.5) is 5.95 Å². The third kappa shape index (κ3) is 3.73. The molecule has 0 saturated heterocycles. The Hall–Kier alpha value is -1.23. The number of hydrogen-bond acceptors (Lipinski definition) is 5. The first-order valence-electron chi connectivity index (χ1n) is 5.62. The molecule has 0 fully saturated rings. The number of nitrogens with zero attached hydrogens (tertiary/aromatic N) is 4. The van der Waals surface area contributed by atoms with Gasteiger partial charge in [0, 0.05) is 19.1 Å². The maximum absolute atomic E-state index is 4.31. The van der Waals surface area contributed by atoms with Gasteiger partial charge in [-0.1, -0.05) is 0 Å². The number of likely N-dealkylation sites (N-methyl/N-ethyl adjacent to an activating group) is 1. The monoisotopic (exact) mass is 223 g/mol. The summed E-state index contributed by atoms with van der Waals surface area (Å²) in [6, 6.07) is 0.556. The molecule has 0 radical (unpaired) electrons. The summed E-state index contributed by atoms with van der Waals surface area (Å²) in [5.41, 5.74) is 1.81. The molecule has 5 nitrogen and oxygen atoms in total. The van der Waals surface area contributed by atoms with Crippen molar-refractivity contribution in [3.05, 3.63) is 11.4 Å². The van der Waals surface area contributed by atoms with Crippen molar-refractivity contribution in [3.8, 4) is 0 Å². The Morgan fingerprint density at radius 1 is 1.19 bits per heavy atom. The molecule has 1 heterocycles. The van der Waals surface area contributed by atoms with Gasteiger partial charge in [-0.2, -0.15) is 5.10 Å². The Morgan fingerprint density at radius 3 is 2.44 bits per heavy atom. The number of aryl methyl sites for hydroxylation is 2. The van der Waals surface area contributed by atoms with Crippen LogP contribution in [-0.2, 0) is 0 Å². The van der Waals surface area contributed by atoms with Gasteiger partial charge in [0.15, 0.2) is 0 Å². The molecule has 0 atom stereocenters. The Balaban J connectivity index is 2.40. The van der Waals surface area contributed by atoms with Crippen molar-refractivity contribution in [2.75, 3.05) is 25.5 Å². The van der Waals surface area contributed by atoms with Crippen molar-refractivity contribution < 1.29 is 0 Å². The summed E-state index contributed by atoms with van der Waals surface area (Å²) in [4.78, 5) is 6.58. The molecule has 1 aromatic heterocycles. The lowest BCUT2D eigenvalue weighted by Crippen LogP contribution is -2.31. The van der Waals surface area contributed by atoms with Crippen LogP contribution in [0.25, 0.3) is 0 Å². The van der Waals surface area contributed by atoms with Gasteiger partial charge in [-0.15, -0.1) is 5.10 Å². The Morgan fingerprint density at radius 2 is 1.88 bits per heavy atom. The van der Waals surface area contributed by atoms with E-state index < -0.39 is 0 Å². The van der Waals surface area contributed by atoms with E-state index in [0.29, 0.717) is 12.0 Å². The van der Waals surface area contributed by atoms with Crippen LogP contribution in [0.3, 0.4) is 0 Å². The third-order valence-corrected chi connectivity index (χ3v) is 2.72. The number of anilines is 1. The summed E-state index contributed by atoms with van der Waals surface area (Å²) < 4.78 is 0. The molecule has 1 aromatic rings. The van der Waals surface area contributed by atoms with Gasteiger partial charge in [0.25, 0.3) is 0 Å². The molecule has 90 valence electrons. The molecule has 1 rings (SSSR count). The first-order chi connectivity index (χ1) is 7.50. The lowest BCUT2D eigenvalue weighted by molar-refractivity contribution is 0.284. The maximum atomic E-state index is 4.31. The molecular formula is C11H21N5. The van der Waals surface area contributed by atoms with E-state index in [-0.39, 0.29) is 0 Å². The van der Waals surface area contributed by atoms with E-state index in [1.165, 1.54) is 0 Å². The molecule has 0 bridgehead atoms. The van der Waals surface area contributed by atoms with E-state index in [1.54, 1.807) is 0 Å². The summed E-state index contributed by atoms with van der Waals surface area (Å²) >= 11 is 0. The first kappa shape index (κ1) is 12.8. The molecular weight excluding hydrogens is 202 g/mol. The normalized spacial score (nSPS) is 11.2. The highest BCUT2D eigenvalue weighted by molar-refractivity contribution is 5.24. The van der Waals surface area contributed by atoms with Gasteiger partial charge >= 0.3 is 0 Å². The topological polar surface area (TPSA) is 53.9 Å². The highest BCUT2D eigenvalue weighted by Crippen LogP contribution is 2.01. The average molecular weight is 223 g/mol. The van der Waals surface area contributed by atoms with E-state index in [9.17, 15) is 0 Å². The van der Waals surface area contributed by atoms with Crippen LogP contribution in [0.15, 0.2) is 0 Å². The lowest BCUT2D eigenvalue weighted by atomic mass is 10.3. The van der Waals surface area contributed by atoms with E-state index in [2.05, 4.69) is 46.3 Å². The second-order valence-electron chi connectivity index (χ2n) is 4.31. The SMILES string of the molecule is Cc1nnc(NCCN(C)C(C)C)nc1C. The molecule has 0 amide bonds. The maximum Gasteiger partial charge on any atom is 0.243 e. The van der Waals surface area contributed by atoms with Crippen molar-refractivity contribution in [2.45, 2.75) is 33.7 Å². The van der Waals surface area contributed by atoms with Gasteiger partial charge < -0.3 is 10.2 Å². The number of hydrogen-bond donors (Lipinski definition) is 1. The first-order valence-corrected chi connectivity index (χ1v) is 5.62. The van der Waals surface area contributed by atoms with Crippen molar-refractivity contribution in [1.29, 1.82) is 0 Å². The van der Waals surface area contributed by atoms with Crippen LogP contribution >= 0.6 is 0 Å². The van der Waals surface area contributed by atoms with Crippen LogP contribution in [-0.4, -0.2) is 46.3 Å². The van der Waals surface area contributed by atoms with Crippen molar-refractivity contribution in [2.24, 2.45) is 0 Å². The summed E-state index contributed by atoms with van der Waals surface area (Å²) in [6.45, 7) is 10.00. The molecule has 0 saturated carbocycles. The molecule has 0 aliphatic rings. The number of aromatic nitrogens is 3. The summed E-state index contributed by atoms with van der Waals surface area (Å²) in [5.74, 6) is 0.611. The quantitative estimate of drug-likeness (QED) is 0.814. The minimum absolute atomic E-state index is 0.556. The highest BCUT2D eigenvalue weighted by Gasteiger charge is 2.04. The Labute approximate surface area is 97.3 Å². The van der Waals surface area contributed by atoms with Crippen molar-refractivity contribution in [1.82, 2.24) is 20.1 Å². The lowest BCUT2D eigenvalue weighted by Gasteiger charge is -2.20. The Kier molecular flexibility index (Phi) is 4.61. The molecule has 0 unspecified atom stereocenters. The molecule has 0 aromatic carbocycles. The summed E-state index contributed by atoms with van der Waals surface area (Å²) in [7, 11) is 2.10. The fourth-order valence-corrected chi connectivity index (χ4v) is 1.13. The van der Waals surface area contributed by atoms with Gasteiger partial charge in [-0.05, 0) is 34.7 Å². The minimum atomic E-state index is 0.556. The molecule has 0 aliphatic heterocycles. The summed E-state index contributed by atoms with van der Waals surface area (Å²) in [5, 5.41) is 11.2. The van der Waals surface area contributed by atoms with Crippen LogP contribution < -0.4 is 5.32 Å². The van der Waals surface area contributed by atoms with Crippen LogP contribution in [0.5, 0.6) is 0 Å². The standard InChI is InChI=1S/C11H21N5/c1-8(2)16(5)7-6-12-11-13-9(3)10(4)14-15-11/h8H,6-7H2,1-5H3,(H,12,13,15). The molecule has 0 aliphatic carbocycles. The van der Waals surface area contributed by atoms with E-state index in [1.807, 2.05) is 13.8 Å². The fraction of sp³-hybridized carbons (Fsp3) is 0.727. The molecule has 5 heteroatoms. The zero-order valence-corrected chi connectivity index (χ0v) is 10.8. The van der Waals surface area contributed by atoms with Gasteiger partial charge in [0.1, 0.15) is 0 Å². The molecule has 0 spiro atoms. The second kappa shape index (κ2) is 5.75. The third-order valence-electron chi connectivity index (χ3n) is 2.72. The Bertz CT molecular complexity index is 337. The fourth-order valence-electron chi connectivity index (χ4n) is 1.13. The largest absolute Gasteiger partial charge is 0.352 e. The predicted molar refractivity (Wildman–Crippen MR) is 65.6 cm³/mol. The van der Waals surface area contributed by atoms with Crippen LogP contribution in [0.1, 0.15) is 25.2 Å². The molecule has 16 heavy (non-hydrogen) atoms. The van der Waals surface area contributed by atoms with E-state index in [0.717, 1.165) is 24.5 Å². The van der Waals surface area contributed by atoms with Crippen molar-refractivity contribution in [3.63, 3.8) is 0 Å². The zero-order chi connectivity index (χ0) is 12.1. The molecule has 1 N–H and O–H groups in total. The predicted octanol–water partition coefficient (Wildman–Crippen LogP) is 1.24. The van der Waals surface area contributed by atoms with E-state index in [4.69, 9.17) is 0 Å². The average Bonchev–Trinajstić information content (AvgIpc) is 2.23. The zero-order valence-electron chi connectivity index (χ0n) is 10.8. The highest BCUT2D eigenvalue weighted by atomic mass is 15.2. The van der Waals surface area contributed by atoms with Gasteiger partial charge in [0.2, 0.25) is 5.95 Å². The van der Waals surface area contributed by atoms with Gasteiger partial charge in [0.05, 0.1) is 11.4 Å². The summed E-state index contributed by atoms with van der Waals surface area (Å²) in [6.07, 6.45) is 0.